The Hall–Kier alpha value is -3.12. The molecule has 1 aliphatic heterocycles. The van der Waals surface area contributed by atoms with E-state index in [0.717, 1.165) is 4.90 Å². The van der Waals surface area contributed by atoms with Crippen LogP contribution in [0, 0.1) is 0 Å². The molecule has 0 unspecified atom stereocenters. The Morgan fingerprint density at radius 3 is 2.50 bits per heavy atom. The van der Waals surface area contributed by atoms with Gasteiger partial charge in [-0.1, -0.05) is 0 Å². The molecule has 3 rings (SSSR count). The Morgan fingerprint density at radius 1 is 1.25 bits per heavy atom. The van der Waals surface area contributed by atoms with Crippen LogP contribution in [0.25, 0.3) is 6.08 Å². The van der Waals surface area contributed by atoms with Crippen molar-refractivity contribution in [1.29, 1.82) is 0 Å². The van der Waals surface area contributed by atoms with Gasteiger partial charge >= 0.3 is 18.0 Å². The SMILES string of the molecule is COC(=O)c1ccc(CN2C(=O)N/C(=C\c3cc(Br)c(O[C@@H](C)C(=O)O)c(Br)c3)C2=O)o1. The van der Waals surface area contributed by atoms with Gasteiger partial charge in [-0.2, -0.15) is 0 Å². The number of ether oxygens (including phenoxy) is 2. The fourth-order valence-electron chi connectivity index (χ4n) is 2.71. The molecule has 1 fully saturated rings. The number of methoxy groups -OCH3 is 1. The highest BCUT2D eigenvalue weighted by molar-refractivity contribution is 9.11. The predicted molar refractivity (Wildman–Crippen MR) is 117 cm³/mol. The Balaban J connectivity index is 1.79. The molecular formula is C20H16Br2N2O8. The van der Waals surface area contributed by atoms with Crippen molar-refractivity contribution in [3.8, 4) is 5.75 Å². The molecule has 1 aromatic heterocycles. The fourth-order valence-corrected chi connectivity index (χ4v) is 4.12. The van der Waals surface area contributed by atoms with Crippen molar-refractivity contribution in [2.24, 2.45) is 0 Å². The second-order valence-electron chi connectivity index (χ2n) is 6.55. The zero-order valence-corrected chi connectivity index (χ0v) is 19.9. The van der Waals surface area contributed by atoms with Gasteiger partial charge in [-0.15, -0.1) is 0 Å². The molecule has 168 valence electrons. The first-order valence-corrected chi connectivity index (χ1v) is 10.6. The van der Waals surface area contributed by atoms with E-state index >= 15 is 0 Å². The van der Waals surface area contributed by atoms with Gasteiger partial charge in [-0.05, 0) is 74.7 Å². The molecule has 0 spiro atoms. The van der Waals surface area contributed by atoms with Crippen LogP contribution in [-0.4, -0.2) is 47.1 Å². The van der Waals surface area contributed by atoms with Crippen molar-refractivity contribution < 1.29 is 38.2 Å². The van der Waals surface area contributed by atoms with E-state index in [9.17, 15) is 19.2 Å². The molecule has 1 aliphatic rings. The van der Waals surface area contributed by atoms with Crippen LogP contribution in [0.5, 0.6) is 5.75 Å². The molecule has 2 N–H and O–H groups in total. The normalized spacial score (nSPS) is 15.6. The third-order valence-corrected chi connectivity index (χ3v) is 5.48. The Morgan fingerprint density at radius 2 is 1.91 bits per heavy atom. The van der Waals surface area contributed by atoms with Crippen LogP contribution in [0.2, 0.25) is 0 Å². The van der Waals surface area contributed by atoms with Crippen LogP contribution in [-0.2, 0) is 20.9 Å². The maximum absolute atomic E-state index is 12.7. The molecule has 32 heavy (non-hydrogen) atoms. The zero-order valence-electron chi connectivity index (χ0n) is 16.7. The first-order valence-electron chi connectivity index (χ1n) is 9.00. The Labute approximate surface area is 198 Å². The number of furan rings is 1. The maximum atomic E-state index is 12.7. The fraction of sp³-hybridized carbons (Fsp3) is 0.200. The van der Waals surface area contributed by atoms with Crippen molar-refractivity contribution in [3.63, 3.8) is 0 Å². The number of carboxylic acid groups (broad SMARTS) is 1. The first-order chi connectivity index (χ1) is 15.1. The second-order valence-corrected chi connectivity index (χ2v) is 8.26. The van der Waals surface area contributed by atoms with Crippen molar-refractivity contribution >= 4 is 61.8 Å². The third kappa shape index (κ3) is 5.02. The minimum atomic E-state index is -1.12. The lowest BCUT2D eigenvalue weighted by Crippen LogP contribution is -2.30. The summed E-state index contributed by atoms with van der Waals surface area (Å²) >= 11 is 6.64. The van der Waals surface area contributed by atoms with E-state index < -0.39 is 30.0 Å². The smallest absolute Gasteiger partial charge is 0.373 e. The average Bonchev–Trinajstić information content (AvgIpc) is 3.30. The van der Waals surface area contributed by atoms with Gasteiger partial charge in [0.25, 0.3) is 5.91 Å². The largest absolute Gasteiger partial charge is 0.479 e. The molecule has 0 aliphatic carbocycles. The minimum absolute atomic E-state index is 0.0288. The summed E-state index contributed by atoms with van der Waals surface area (Å²) < 4.78 is 16.2. The third-order valence-electron chi connectivity index (χ3n) is 4.30. The minimum Gasteiger partial charge on any atom is -0.479 e. The molecule has 1 atom stereocenters. The van der Waals surface area contributed by atoms with E-state index in [1.807, 2.05) is 0 Å². The van der Waals surface area contributed by atoms with E-state index in [1.54, 1.807) is 12.1 Å². The molecule has 2 aromatic rings. The molecular weight excluding hydrogens is 556 g/mol. The Bertz CT molecular complexity index is 1120. The molecule has 1 saturated heterocycles. The van der Waals surface area contributed by atoms with E-state index in [4.69, 9.17) is 14.3 Å². The average molecular weight is 572 g/mol. The number of halogens is 2. The predicted octanol–water partition coefficient (Wildman–Crippen LogP) is 3.54. The number of benzene rings is 1. The van der Waals surface area contributed by atoms with Crippen LogP contribution >= 0.6 is 31.9 Å². The molecule has 1 aromatic carbocycles. The van der Waals surface area contributed by atoms with Gasteiger partial charge in [0, 0.05) is 0 Å². The molecule has 0 bridgehead atoms. The molecule has 0 radical (unpaired) electrons. The lowest BCUT2D eigenvalue weighted by molar-refractivity contribution is -0.144. The summed E-state index contributed by atoms with van der Waals surface area (Å²) in [6, 6.07) is 5.43. The number of nitrogens with one attached hydrogen (secondary N) is 1. The number of amides is 3. The highest BCUT2D eigenvalue weighted by atomic mass is 79.9. The number of hydrogen-bond acceptors (Lipinski definition) is 7. The van der Waals surface area contributed by atoms with Crippen LogP contribution in [0.3, 0.4) is 0 Å². The summed E-state index contributed by atoms with van der Waals surface area (Å²) in [7, 11) is 1.21. The van der Waals surface area contributed by atoms with Crippen LogP contribution in [0.4, 0.5) is 4.79 Å². The summed E-state index contributed by atoms with van der Waals surface area (Å²) in [4.78, 5) is 48.4. The maximum Gasteiger partial charge on any atom is 0.373 e. The number of carbonyl (C=O) groups is 4. The topological polar surface area (TPSA) is 135 Å². The van der Waals surface area contributed by atoms with Crippen LogP contribution in [0.1, 0.15) is 28.8 Å². The van der Waals surface area contributed by atoms with Gasteiger partial charge in [-0.3, -0.25) is 9.69 Å². The standard InChI is InChI=1S/C20H16Br2N2O8/c1-9(18(26)27)31-16-12(21)5-10(6-13(16)22)7-14-17(25)24(20(29)23-14)8-11-3-4-15(32-11)19(28)30-2/h3-7,9H,8H2,1-2H3,(H,23,29)(H,26,27)/b14-7-/t9-/m0/s1. The van der Waals surface area contributed by atoms with E-state index in [1.165, 1.54) is 32.2 Å². The quantitative estimate of drug-likeness (QED) is 0.293. The summed E-state index contributed by atoms with van der Waals surface area (Å²) in [5.74, 6) is -1.91. The number of imide groups is 1. The summed E-state index contributed by atoms with van der Waals surface area (Å²) in [5, 5.41) is 11.5. The second kappa shape index (κ2) is 9.57. The van der Waals surface area contributed by atoms with Crippen molar-refractivity contribution in [2.45, 2.75) is 19.6 Å². The first kappa shape index (κ1) is 23.5. The van der Waals surface area contributed by atoms with Gasteiger partial charge < -0.3 is 24.3 Å². The van der Waals surface area contributed by atoms with Crippen molar-refractivity contribution in [2.75, 3.05) is 7.11 Å². The van der Waals surface area contributed by atoms with Gasteiger partial charge in [0.2, 0.25) is 5.76 Å². The van der Waals surface area contributed by atoms with E-state index in [2.05, 4.69) is 41.9 Å². The number of carbonyl (C=O) groups excluding carboxylic acids is 3. The number of carboxylic acids is 1. The lowest BCUT2D eigenvalue weighted by Gasteiger charge is -2.14. The molecule has 10 nitrogen and oxygen atoms in total. The van der Waals surface area contributed by atoms with Crippen molar-refractivity contribution in [3.05, 3.63) is 56.0 Å². The monoisotopic (exact) mass is 570 g/mol. The molecule has 2 heterocycles. The van der Waals surface area contributed by atoms with Gasteiger partial charge in [0.1, 0.15) is 17.2 Å². The van der Waals surface area contributed by atoms with E-state index in [0.29, 0.717) is 14.5 Å². The number of rotatable bonds is 7. The number of esters is 1. The Kier molecular flexibility index (Phi) is 7.04. The number of nitrogens with zero attached hydrogens (tertiary/aromatic N) is 1. The molecule has 3 amide bonds. The van der Waals surface area contributed by atoms with Crippen molar-refractivity contribution in [1.82, 2.24) is 10.2 Å². The van der Waals surface area contributed by atoms with Gasteiger partial charge in [0.05, 0.1) is 22.6 Å². The van der Waals surface area contributed by atoms with Crippen LogP contribution in [0.15, 0.2) is 43.3 Å². The summed E-state index contributed by atoms with van der Waals surface area (Å²) in [6.07, 6.45) is 0.389. The molecule has 12 heteroatoms. The van der Waals surface area contributed by atoms with E-state index in [-0.39, 0.29) is 29.5 Å². The number of aliphatic carboxylic acids is 1. The number of urea groups is 1. The zero-order chi connectivity index (χ0) is 23.6. The van der Waals surface area contributed by atoms with Gasteiger partial charge in [0.15, 0.2) is 6.10 Å². The summed E-state index contributed by atoms with van der Waals surface area (Å²) in [5.41, 5.74) is 0.566. The number of hydrogen-bond donors (Lipinski definition) is 2. The van der Waals surface area contributed by atoms with Crippen LogP contribution < -0.4 is 10.1 Å². The lowest BCUT2D eigenvalue weighted by atomic mass is 10.2. The molecule has 0 saturated carbocycles. The highest BCUT2D eigenvalue weighted by Crippen LogP contribution is 2.36. The van der Waals surface area contributed by atoms with Gasteiger partial charge in [-0.25, -0.2) is 14.4 Å². The summed E-state index contributed by atoms with van der Waals surface area (Å²) in [6.45, 7) is 1.22. The highest BCUT2D eigenvalue weighted by Gasteiger charge is 2.34.